The molecule has 2 aliphatic rings. The standard InChI is InChI=1S/C13H24O3/c1-2-15-13(10-5-6-10)12(14)8-7-11-4-3-9-16-11/h10-14H,2-9H2,1H3. The SMILES string of the molecule is CCOC(C(O)CCC1CCCO1)C1CC1. The number of aliphatic hydroxyl groups excluding tert-OH is 1. The van der Waals surface area contributed by atoms with Gasteiger partial charge in [0.05, 0.1) is 18.3 Å². The second-order valence-electron chi connectivity index (χ2n) is 5.04. The topological polar surface area (TPSA) is 38.7 Å². The Morgan fingerprint density at radius 2 is 2.19 bits per heavy atom. The molecule has 3 heteroatoms. The maximum absolute atomic E-state index is 10.1. The normalized spacial score (nSPS) is 29.2. The molecule has 0 aromatic heterocycles. The van der Waals surface area contributed by atoms with Gasteiger partial charge in [-0.15, -0.1) is 0 Å². The van der Waals surface area contributed by atoms with Gasteiger partial charge in [0.1, 0.15) is 0 Å². The highest BCUT2D eigenvalue weighted by atomic mass is 16.5. The van der Waals surface area contributed by atoms with E-state index in [9.17, 15) is 5.11 Å². The quantitative estimate of drug-likeness (QED) is 0.725. The zero-order valence-corrected chi connectivity index (χ0v) is 10.2. The Bertz CT molecular complexity index is 197. The molecule has 1 aliphatic heterocycles. The summed E-state index contributed by atoms with van der Waals surface area (Å²) in [6.07, 6.45) is 6.76. The molecule has 3 atom stereocenters. The van der Waals surface area contributed by atoms with Crippen molar-refractivity contribution in [2.75, 3.05) is 13.2 Å². The molecule has 1 saturated carbocycles. The first kappa shape index (κ1) is 12.3. The lowest BCUT2D eigenvalue weighted by Crippen LogP contribution is -2.32. The van der Waals surface area contributed by atoms with Crippen LogP contribution in [0.5, 0.6) is 0 Å². The zero-order valence-electron chi connectivity index (χ0n) is 10.2. The van der Waals surface area contributed by atoms with E-state index in [1.807, 2.05) is 6.92 Å². The van der Waals surface area contributed by atoms with E-state index in [1.165, 1.54) is 19.3 Å². The minimum atomic E-state index is -0.295. The fourth-order valence-corrected chi connectivity index (χ4v) is 2.57. The molecule has 0 spiro atoms. The Balaban J connectivity index is 1.69. The van der Waals surface area contributed by atoms with Gasteiger partial charge in [-0.1, -0.05) is 0 Å². The maximum Gasteiger partial charge on any atom is 0.0861 e. The average Bonchev–Trinajstić information content (AvgIpc) is 2.99. The number of hydrogen-bond donors (Lipinski definition) is 1. The molecule has 1 heterocycles. The molecule has 0 bridgehead atoms. The van der Waals surface area contributed by atoms with E-state index in [-0.39, 0.29) is 12.2 Å². The maximum atomic E-state index is 10.1. The molecule has 1 saturated heterocycles. The summed E-state index contributed by atoms with van der Waals surface area (Å²) in [6, 6.07) is 0. The van der Waals surface area contributed by atoms with Crippen LogP contribution in [-0.2, 0) is 9.47 Å². The van der Waals surface area contributed by atoms with Gasteiger partial charge in [-0.25, -0.2) is 0 Å². The second kappa shape index (κ2) is 5.99. The van der Waals surface area contributed by atoms with E-state index in [0.717, 1.165) is 25.9 Å². The van der Waals surface area contributed by atoms with Gasteiger partial charge in [0.25, 0.3) is 0 Å². The molecule has 0 aromatic rings. The van der Waals surface area contributed by atoms with Crippen molar-refractivity contribution in [2.45, 2.75) is 63.8 Å². The van der Waals surface area contributed by atoms with Crippen LogP contribution in [0.25, 0.3) is 0 Å². The summed E-state index contributed by atoms with van der Waals surface area (Å²) in [5.74, 6) is 0.611. The first-order chi connectivity index (χ1) is 7.81. The molecular weight excluding hydrogens is 204 g/mol. The lowest BCUT2D eigenvalue weighted by molar-refractivity contribution is -0.0524. The van der Waals surface area contributed by atoms with Crippen molar-refractivity contribution in [3.05, 3.63) is 0 Å². The average molecular weight is 228 g/mol. The Morgan fingerprint density at radius 1 is 1.38 bits per heavy atom. The summed E-state index contributed by atoms with van der Waals surface area (Å²) in [6.45, 7) is 3.61. The van der Waals surface area contributed by atoms with Gasteiger partial charge in [-0.3, -0.25) is 0 Å². The third kappa shape index (κ3) is 3.44. The van der Waals surface area contributed by atoms with E-state index >= 15 is 0 Å². The van der Waals surface area contributed by atoms with Gasteiger partial charge in [-0.2, -0.15) is 0 Å². The number of hydrogen-bond acceptors (Lipinski definition) is 3. The third-order valence-corrected chi connectivity index (χ3v) is 3.63. The van der Waals surface area contributed by atoms with Crippen molar-refractivity contribution in [1.29, 1.82) is 0 Å². The summed E-state index contributed by atoms with van der Waals surface area (Å²) < 4.78 is 11.2. The van der Waals surface area contributed by atoms with Crippen LogP contribution < -0.4 is 0 Å². The largest absolute Gasteiger partial charge is 0.390 e. The van der Waals surface area contributed by atoms with Gasteiger partial charge in [0, 0.05) is 13.2 Å². The third-order valence-electron chi connectivity index (χ3n) is 3.63. The van der Waals surface area contributed by atoms with Crippen molar-refractivity contribution in [2.24, 2.45) is 5.92 Å². The molecule has 94 valence electrons. The molecule has 0 amide bonds. The lowest BCUT2D eigenvalue weighted by Gasteiger charge is -2.23. The predicted molar refractivity (Wildman–Crippen MR) is 62.4 cm³/mol. The summed E-state index contributed by atoms with van der Waals surface area (Å²) in [7, 11) is 0. The van der Waals surface area contributed by atoms with Crippen LogP contribution in [0.1, 0.15) is 45.4 Å². The molecular formula is C13H24O3. The Labute approximate surface area is 98.1 Å². The molecule has 1 N–H and O–H groups in total. The molecule has 1 aliphatic carbocycles. The van der Waals surface area contributed by atoms with Crippen LogP contribution in [0, 0.1) is 5.92 Å². The van der Waals surface area contributed by atoms with Gasteiger partial charge < -0.3 is 14.6 Å². The van der Waals surface area contributed by atoms with Crippen molar-refractivity contribution < 1.29 is 14.6 Å². The van der Waals surface area contributed by atoms with Crippen LogP contribution in [0.3, 0.4) is 0 Å². The van der Waals surface area contributed by atoms with Crippen molar-refractivity contribution in [3.63, 3.8) is 0 Å². The van der Waals surface area contributed by atoms with Crippen LogP contribution in [0.15, 0.2) is 0 Å². The van der Waals surface area contributed by atoms with Gasteiger partial charge in [0.2, 0.25) is 0 Å². The number of aliphatic hydroxyl groups is 1. The van der Waals surface area contributed by atoms with Crippen molar-refractivity contribution in [1.82, 2.24) is 0 Å². The number of rotatable bonds is 7. The van der Waals surface area contributed by atoms with Crippen molar-refractivity contribution >= 4 is 0 Å². The summed E-state index contributed by atoms with van der Waals surface area (Å²) in [5.41, 5.74) is 0. The first-order valence-corrected chi connectivity index (χ1v) is 6.72. The summed E-state index contributed by atoms with van der Waals surface area (Å²) in [5, 5.41) is 10.1. The van der Waals surface area contributed by atoms with Crippen LogP contribution >= 0.6 is 0 Å². The molecule has 3 unspecified atom stereocenters. The zero-order chi connectivity index (χ0) is 11.4. The van der Waals surface area contributed by atoms with E-state index < -0.39 is 0 Å². The minimum Gasteiger partial charge on any atom is -0.390 e. The van der Waals surface area contributed by atoms with Crippen LogP contribution in [-0.4, -0.2) is 36.6 Å². The summed E-state index contributed by atoms with van der Waals surface area (Å²) in [4.78, 5) is 0. The minimum absolute atomic E-state index is 0.0754. The van der Waals surface area contributed by atoms with Crippen LogP contribution in [0.4, 0.5) is 0 Å². The Morgan fingerprint density at radius 3 is 2.75 bits per heavy atom. The van der Waals surface area contributed by atoms with Gasteiger partial charge >= 0.3 is 0 Å². The predicted octanol–water partition coefficient (Wildman–Crippen LogP) is 2.12. The van der Waals surface area contributed by atoms with Crippen molar-refractivity contribution in [3.8, 4) is 0 Å². The van der Waals surface area contributed by atoms with E-state index in [4.69, 9.17) is 9.47 Å². The highest BCUT2D eigenvalue weighted by Crippen LogP contribution is 2.37. The Hall–Kier alpha value is -0.120. The van der Waals surface area contributed by atoms with E-state index in [2.05, 4.69) is 0 Å². The molecule has 2 rings (SSSR count). The smallest absolute Gasteiger partial charge is 0.0861 e. The lowest BCUT2D eigenvalue weighted by atomic mass is 10.0. The second-order valence-corrected chi connectivity index (χ2v) is 5.04. The number of ether oxygens (including phenoxy) is 2. The summed E-state index contributed by atoms with van der Waals surface area (Å²) >= 11 is 0. The molecule has 0 radical (unpaired) electrons. The highest BCUT2D eigenvalue weighted by Gasteiger charge is 2.36. The molecule has 16 heavy (non-hydrogen) atoms. The molecule has 0 aromatic carbocycles. The van der Waals surface area contributed by atoms with E-state index in [1.54, 1.807) is 0 Å². The fourth-order valence-electron chi connectivity index (χ4n) is 2.57. The van der Waals surface area contributed by atoms with Gasteiger partial charge in [-0.05, 0) is 51.4 Å². The highest BCUT2D eigenvalue weighted by molar-refractivity contribution is 4.87. The van der Waals surface area contributed by atoms with Gasteiger partial charge in [0.15, 0.2) is 0 Å². The molecule has 2 fully saturated rings. The van der Waals surface area contributed by atoms with Crippen LogP contribution in [0.2, 0.25) is 0 Å². The van der Waals surface area contributed by atoms with E-state index in [0.29, 0.717) is 18.6 Å². The monoisotopic (exact) mass is 228 g/mol. The Kier molecular flexibility index (Phi) is 4.62. The molecule has 3 nitrogen and oxygen atoms in total. The fraction of sp³-hybridized carbons (Fsp3) is 1.00. The first-order valence-electron chi connectivity index (χ1n) is 6.72.